The first-order valence-corrected chi connectivity index (χ1v) is 8.35. The summed E-state index contributed by atoms with van der Waals surface area (Å²) in [7, 11) is -1.91. The van der Waals surface area contributed by atoms with E-state index in [1.807, 2.05) is 20.8 Å². The van der Waals surface area contributed by atoms with Crippen molar-refractivity contribution in [3.05, 3.63) is 12.3 Å². The Labute approximate surface area is 117 Å². The maximum atomic E-state index is 12.3. The summed E-state index contributed by atoms with van der Waals surface area (Å²) < 4.78 is 28.6. The number of rotatable bonds is 5. The number of nitrogens with zero attached hydrogens (tertiary/aromatic N) is 2. The van der Waals surface area contributed by atoms with Gasteiger partial charge < -0.3 is 0 Å². The van der Waals surface area contributed by atoms with Crippen molar-refractivity contribution in [2.75, 3.05) is 5.33 Å². The van der Waals surface area contributed by atoms with Crippen molar-refractivity contribution in [3.63, 3.8) is 0 Å². The highest BCUT2D eigenvalue weighted by molar-refractivity contribution is 9.09. The molecule has 104 valence electrons. The van der Waals surface area contributed by atoms with Gasteiger partial charge in [-0.15, -0.1) is 0 Å². The maximum Gasteiger partial charge on any atom is 0.257 e. The van der Waals surface area contributed by atoms with Crippen molar-refractivity contribution >= 4 is 26.0 Å². The molecule has 1 rings (SSSR count). The van der Waals surface area contributed by atoms with Crippen LogP contribution in [0.3, 0.4) is 0 Å². The number of aromatic nitrogens is 2. The average molecular weight is 338 g/mol. The van der Waals surface area contributed by atoms with Crippen molar-refractivity contribution in [1.29, 1.82) is 0 Å². The van der Waals surface area contributed by atoms with E-state index in [-0.39, 0.29) is 16.5 Å². The highest BCUT2D eigenvalue weighted by atomic mass is 79.9. The third-order valence-electron chi connectivity index (χ3n) is 2.79. The minimum absolute atomic E-state index is 0.128. The molecule has 0 radical (unpaired) electrons. The second-order valence-corrected chi connectivity index (χ2v) is 7.76. The number of nitrogens with one attached hydrogen (secondary N) is 1. The Kier molecular flexibility index (Phi) is 4.97. The summed E-state index contributed by atoms with van der Waals surface area (Å²) in [5, 5.41) is 4.83. The van der Waals surface area contributed by atoms with E-state index in [0.717, 1.165) is 11.8 Å². The van der Waals surface area contributed by atoms with Crippen LogP contribution in [0, 0.1) is 5.41 Å². The highest BCUT2D eigenvalue weighted by Gasteiger charge is 2.30. The van der Waals surface area contributed by atoms with E-state index in [0.29, 0.717) is 0 Å². The molecule has 0 aliphatic heterocycles. The fourth-order valence-electron chi connectivity index (χ4n) is 1.65. The number of sulfonamides is 1. The number of halogens is 1. The maximum absolute atomic E-state index is 12.3. The minimum Gasteiger partial charge on any atom is -0.256 e. The van der Waals surface area contributed by atoms with Crippen molar-refractivity contribution in [2.45, 2.75) is 38.3 Å². The second kappa shape index (κ2) is 5.71. The molecule has 7 heteroatoms. The molecule has 1 aromatic rings. The number of alkyl halides is 1. The predicted molar refractivity (Wildman–Crippen MR) is 75.2 cm³/mol. The molecule has 1 aromatic heterocycles. The molecule has 0 aliphatic rings. The smallest absolute Gasteiger partial charge is 0.256 e. The topological polar surface area (TPSA) is 64.0 Å². The van der Waals surface area contributed by atoms with E-state index in [1.165, 1.54) is 16.9 Å². The zero-order valence-corrected chi connectivity index (χ0v) is 13.5. The van der Waals surface area contributed by atoms with Crippen LogP contribution in [0.15, 0.2) is 17.3 Å². The van der Waals surface area contributed by atoms with Crippen LogP contribution in [0.25, 0.3) is 0 Å². The summed E-state index contributed by atoms with van der Waals surface area (Å²) in [6, 6.07) is 1.37. The van der Waals surface area contributed by atoms with E-state index in [1.54, 1.807) is 7.05 Å². The first kappa shape index (κ1) is 15.7. The fraction of sp³-hybridized carbons (Fsp3) is 0.727. The Balaban J connectivity index is 2.97. The Hall–Kier alpha value is -0.400. The van der Waals surface area contributed by atoms with E-state index in [4.69, 9.17) is 0 Å². The van der Waals surface area contributed by atoms with E-state index in [9.17, 15) is 8.42 Å². The minimum atomic E-state index is -3.52. The zero-order chi connectivity index (χ0) is 14.0. The molecule has 0 fully saturated rings. The van der Waals surface area contributed by atoms with Crippen LogP contribution in [0.5, 0.6) is 0 Å². The van der Waals surface area contributed by atoms with Gasteiger partial charge in [0.25, 0.3) is 10.0 Å². The molecule has 1 N–H and O–H groups in total. The molecular formula is C11H20BrN3O2S. The van der Waals surface area contributed by atoms with Crippen LogP contribution in [0.4, 0.5) is 0 Å². The van der Waals surface area contributed by atoms with E-state index < -0.39 is 10.0 Å². The predicted octanol–water partition coefficient (Wildman–Crippen LogP) is 1.90. The molecule has 0 spiro atoms. The molecule has 0 aliphatic carbocycles. The van der Waals surface area contributed by atoms with Gasteiger partial charge >= 0.3 is 0 Å². The normalized spacial score (nSPS) is 14.7. The zero-order valence-electron chi connectivity index (χ0n) is 11.1. The van der Waals surface area contributed by atoms with Crippen LogP contribution in [0.1, 0.15) is 27.2 Å². The lowest BCUT2D eigenvalue weighted by Crippen LogP contribution is -2.44. The van der Waals surface area contributed by atoms with Gasteiger partial charge in [-0.2, -0.15) is 5.10 Å². The third-order valence-corrected chi connectivity index (χ3v) is 4.80. The molecule has 1 heterocycles. The lowest BCUT2D eigenvalue weighted by atomic mass is 9.86. The molecule has 0 bridgehead atoms. The highest BCUT2D eigenvalue weighted by Crippen LogP contribution is 2.24. The standard InChI is InChI=1S/C11H20BrN3O2S/c1-11(2,3)9(5-7-12)14-18(16,17)10-6-8-13-15(10)4/h6,8-9,14H,5,7H2,1-4H3. The quantitative estimate of drug-likeness (QED) is 0.834. The van der Waals surface area contributed by atoms with Crippen LogP contribution < -0.4 is 4.72 Å². The fourth-order valence-corrected chi connectivity index (χ4v) is 3.71. The molecule has 0 saturated carbocycles. The van der Waals surface area contributed by atoms with Gasteiger partial charge in [0.2, 0.25) is 0 Å². The molecule has 1 unspecified atom stereocenters. The van der Waals surface area contributed by atoms with Gasteiger partial charge in [-0.1, -0.05) is 36.7 Å². The van der Waals surface area contributed by atoms with E-state index in [2.05, 4.69) is 25.8 Å². The molecule has 0 saturated heterocycles. The summed E-state index contributed by atoms with van der Waals surface area (Å²) in [6.45, 7) is 6.06. The van der Waals surface area contributed by atoms with Crippen molar-refractivity contribution in [1.82, 2.24) is 14.5 Å². The first-order valence-electron chi connectivity index (χ1n) is 5.75. The molecule has 5 nitrogen and oxygen atoms in total. The van der Waals surface area contributed by atoms with Crippen LogP contribution in [-0.2, 0) is 17.1 Å². The lowest BCUT2D eigenvalue weighted by Gasteiger charge is -2.30. The Morgan fingerprint density at radius 1 is 1.50 bits per heavy atom. The molecule has 0 aromatic carbocycles. The van der Waals surface area contributed by atoms with Gasteiger partial charge in [-0.25, -0.2) is 13.1 Å². The summed E-state index contributed by atoms with van der Waals surface area (Å²) in [5.74, 6) is 0. The molecular weight excluding hydrogens is 318 g/mol. The number of hydrogen-bond acceptors (Lipinski definition) is 3. The Morgan fingerprint density at radius 2 is 2.11 bits per heavy atom. The second-order valence-electron chi connectivity index (χ2n) is 5.31. The molecule has 18 heavy (non-hydrogen) atoms. The van der Waals surface area contributed by atoms with Gasteiger partial charge in [0.15, 0.2) is 5.03 Å². The monoisotopic (exact) mass is 337 g/mol. The van der Waals surface area contributed by atoms with Crippen molar-refractivity contribution in [3.8, 4) is 0 Å². The summed E-state index contributed by atoms with van der Waals surface area (Å²) in [5.41, 5.74) is -0.139. The van der Waals surface area contributed by atoms with E-state index >= 15 is 0 Å². The number of aryl methyl sites for hydroxylation is 1. The molecule has 0 amide bonds. The third kappa shape index (κ3) is 3.80. The molecule has 1 atom stereocenters. The summed E-state index contributed by atoms with van der Waals surface area (Å²) in [6.07, 6.45) is 2.21. The van der Waals surface area contributed by atoms with Crippen LogP contribution in [-0.4, -0.2) is 29.6 Å². The summed E-state index contributed by atoms with van der Waals surface area (Å²) in [4.78, 5) is 0. The number of hydrogen-bond donors (Lipinski definition) is 1. The summed E-state index contributed by atoms with van der Waals surface area (Å²) >= 11 is 3.36. The average Bonchev–Trinajstić information content (AvgIpc) is 2.63. The largest absolute Gasteiger partial charge is 0.257 e. The Morgan fingerprint density at radius 3 is 2.50 bits per heavy atom. The van der Waals surface area contributed by atoms with Gasteiger partial charge in [0.05, 0.1) is 6.20 Å². The van der Waals surface area contributed by atoms with Crippen LogP contribution in [0.2, 0.25) is 0 Å². The SMILES string of the molecule is Cn1nccc1S(=O)(=O)NC(CCBr)C(C)(C)C. The van der Waals surface area contributed by atoms with Gasteiger partial charge in [-0.05, 0) is 17.9 Å². The first-order chi connectivity index (χ1) is 8.18. The van der Waals surface area contributed by atoms with Gasteiger partial charge in [0.1, 0.15) is 0 Å². The van der Waals surface area contributed by atoms with Gasteiger partial charge in [0, 0.05) is 18.4 Å². The van der Waals surface area contributed by atoms with Gasteiger partial charge in [-0.3, -0.25) is 4.68 Å². The Bertz CT molecular complexity index is 491. The van der Waals surface area contributed by atoms with Crippen molar-refractivity contribution in [2.24, 2.45) is 12.5 Å². The lowest BCUT2D eigenvalue weighted by molar-refractivity contribution is 0.293. The van der Waals surface area contributed by atoms with Crippen molar-refractivity contribution < 1.29 is 8.42 Å². The van der Waals surface area contributed by atoms with Crippen LogP contribution >= 0.6 is 15.9 Å².